The molecule has 31 heavy (non-hydrogen) atoms. The highest BCUT2D eigenvalue weighted by Gasteiger charge is 2.30. The van der Waals surface area contributed by atoms with Crippen LogP contribution in [0.15, 0.2) is 30.3 Å². The molecular formula is C19H28N4O8. The summed E-state index contributed by atoms with van der Waals surface area (Å²) < 4.78 is 0. The van der Waals surface area contributed by atoms with Gasteiger partial charge in [0.2, 0.25) is 17.7 Å². The summed E-state index contributed by atoms with van der Waals surface area (Å²) >= 11 is 0. The largest absolute Gasteiger partial charge is 0.480 e. The number of benzene rings is 1. The van der Waals surface area contributed by atoms with E-state index in [1.165, 1.54) is 6.92 Å². The van der Waals surface area contributed by atoms with Crippen LogP contribution in [0.4, 0.5) is 0 Å². The van der Waals surface area contributed by atoms with Crippen LogP contribution in [0.3, 0.4) is 0 Å². The second-order valence-electron chi connectivity index (χ2n) is 6.84. The normalized spacial score (nSPS) is 15.6. The molecule has 0 saturated heterocycles. The molecule has 0 bridgehead atoms. The number of amides is 3. The molecule has 0 fully saturated rings. The van der Waals surface area contributed by atoms with Crippen molar-refractivity contribution in [2.75, 3.05) is 13.2 Å². The maximum atomic E-state index is 12.4. The van der Waals surface area contributed by atoms with Gasteiger partial charge in [-0.1, -0.05) is 30.3 Å². The number of aliphatic hydroxyl groups is 3. The molecule has 172 valence electrons. The van der Waals surface area contributed by atoms with Crippen molar-refractivity contribution in [2.45, 2.75) is 43.6 Å². The van der Waals surface area contributed by atoms with E-state index in [1.54, 1.807) is 30.3 Å². The molecule has 5 atom stereocenters. The van der Waals surface area contributed by atoms with Crippen LogP contribution in [0.1, 0.15) is 12.5 Å². The number of carboxylic acids is 1. The van der Waals surface area contributed by atoms with Crippen molar-refractivity contribution in [2.24, 2.45) is 5.73 Å². The number of carbonyl (C=O) groups excluding carboxylic acids is 3. The van der Waals surface area contributed by atoms with Crippen LogP contribution in [0.2, 0.25) is 0 Å². The lowest BCUT2D eigenvalue weighted by molar-refractivity contribution is -0.142. The van der Waals surface area contributed by atoms with Gasteiger partial charge in [0.15, 0.2) is 0 Å². The molecule has 0 radical (unpaired) electrons. The Labute approximate surface area is 178 Å². The summed E-state index contributed by atoms with van der Waals surface area (Å²) in [6.07, 6.45) is -1.24. The molecule has 1 aromatic carbocycles. The second-order valence-corrected chi connectivity index (χ2v) is 6.84. The zero-order chi connectivity index (χ0) is 23.6. The van der Waals surface area contributed by atoms with Crippen LogP contribution in [0, 0.1) is 0 Å². The molecule has 5 unspecified atom stereocenters. The van der Waals surface area contributed by atoms with Crippen molar-refractivity contribution >= 4 is 23.7 Å². The van der Waals surface area contributed by atoms with Crippen molar-refractivity contribution in [3.8, 4) is 0 Å². The summed E-state index contributed by atoms with van der Waals surface area (Å²) in [6.45, 7) is -0.455. The third-order valence-corrected chi connectivity index (χ3v) is 4.35. The molecule has 0 heterocycles. The average molecular weight is 440 g/mol. The Kier molecular flexibility index (Phi) is 10.6. The summed E-state index contributed by atoms with van der Waals surface area (Å²) in [7, 11) is 0. The fourth-order valence-corrected chi connectivity index (χ4v) is 2.47. The standard InChI is InChI=1S/C19H28N4O8/c1-10(26)15(20)18(29)23-14(9-25)17(28)22-13(8-24)16(27)21-12(19(30)31)7-11-5-3-2-4-6-11/h2-6,10,12-15,24-26H,7-9,20H2,1H3,(H,21,27)(H,22,28)(H,23,29)(H,30,31). The lowest BCUT2D eigenvalue weighted by Crippen LogP contribution is -2.59. The molecule has 1 rings (SSSR count). The quantitative estimate of drug-likeness (QED) is 0.161. The van der Waals surface area contributed by atoms with E-state index in [2.05, 4.69) is 16.0 Å². The fraction of sp³-hybridized carbons (Fsp3) is 0.474. The predicted octanol–water partition coefficient (Wildman–Crippen LogP) is -3.54. The summed E-state index contributed by atoms with van der Waals surface area (Å²) in [5.74, 6) is -4.21. The van der Waals surface area contributed by atoms with Crippen LogP contribution < -0.4 is 21.7 Å². The Hall–Kier alpha value is -3.06. The van der Waals surface area contributed by atoms with Gasteiger partial charge in [-0.2, -0.15) is 0 Å². The van der Waals surface area contributed by atoms with Gasteiger partial charge in [0.1, 0.15) is 24.2 Å². The monoisotopic (exact) mass is 440 g/mol. The van der Waals surface area contributed by atoms with E-state index in [1.807, 2.05) is 0 Å². The first-order valence-electron chi connectivity index (χ1n) is 9.43. The van der Waals surface area contributed by atoms with Gasteiger partial charge >= 0.3 is 5.97 Å². The van der Waals surface area contributed by atoms with Gasteiger partial charge < -0.3 is 42.1 Å². The Morgan fingerprint density at radius 1 is 0.871 bits per heavy atom. The van der Waals surface area contributed by atoms with Crippen LogP contribution in [0.25, 0.3) is 0 Å². The van der Waals surface area contributed by atoms with E-state index >= 15 is 0 Å². The molecule has 0 aliphatic rings. The van der Waals surface area contributed by atoms with Crippen LogP contribution >= 0.6 is 0 Å². The number of nitrogens with one attached hydrogen (secondary N) is 3. The van der Waals surface area contributed by atoms with E-state index < -0.39 is 67.2 Å². The van der Waals surface area contributed by atoms with Crippen molar-refractivity contribution in [1.29, 1.82) is 0 Å². The van der Waals surface area contributed by atoms with Crippen molar-refractivity contribution < 1.29 is 39.6 Å². The number of hydrogen-bond acceptors (Lipinski definition) is 8. The highest BCUT2D eigenvalue weighted by molar-refractivity contribution is 5.94. The van der Waals surface area contributed by atoms with Gasteiger partial charge in [-0.3, -0.25) is 14.4 Å². The third kappa shape index (κ3) is 8.30. The highest BCUT2D eigenvalue weighted by atomic mass is 16.4. The average Bonchev–Trinajstić information content (AvgIpc) is 2.74. The number of carboxylic acid groups (broad SMARTS) is 1. The molecule has 9 N–H and O–H groups in total. The van der Waals surface area contributed by atoms with E-state index in [4.69, 9.17) is 5.73 Å². The number of carbonyl (C=O) groups is 4. The molecule has 12 nitrogen and oxygen atoms in total. The van der Waals surface area contributed by atoms with E-state index in [-0.39, 0.29) is 6.42 Å². The molecule has 0 aromatic heterocycles. The molecule has 12 heteroatoms. The lowest BCUT2D eigenvalue weighted by atomic mass is 10.1. The van der Waals surface area contributed by atoms with E-state index in [0.717, 1.165) is 0 Å². The maximum Gasteiger partial charge on any atom is 0.326 e. The minimum atomic E-state index is -1.54. The first-order chi connectivity index (χ1) is 14.6. The smallest absolute Gasteiger partial charge is 0.326 e. The maximum absolute atomic E-state index is 12.4. The Morgan fingerprint density at radius 2 is 1.32 bits per heavy atom. The van der Waals surface area contributed by atoms with Crippen LogP contribution in [-0.4, -0.2) is 87.6 Å². The summed E-state index contributed by atoms with van der Waals surface area (Å²) in [5, 5.41) is 44.0. The SMILES string of the molecule is CC(O)C(N)C(=O)NC(CO)C(=O)NC(CO)C(=O)NC(Cc1ccccc1)C(=O)O. The summed E-state index contributed by atoms with van der Waals surface area (Å²) in [6, 6.07) is 2.80. The Balaban J connectivity index is 2.77. The number of rotatable bonds is 12. The minimum Gasteiger partial charge on any atom is -0.480 e. The van der Waals surface area contributed by atoms with E-state index in [0.29, 0.717) is 5.56 Å². The van der Waals surface area contributed by atoms with Gasteiger partial charge in [-0.15, -0.1) is 0 Å². The molecule has 0 aliphatic carbocycles. The lowest BCUT2D eigenvalue weighted by Gasteiger charge is -2.23. The zero-order valence-electron chi connectivity index (χ0n) is 16.9. The summed E-state index contributed by atoms with van der Waals surface area (Å²) in [4.78, 5) is 48.0. The molecule has 3 amide bonds. The third-order valence-electron chi connectivity index (χ3n) is 4.35. The van der Waals surface area contributed by atoms with Crippen LogP contribution in [-0.2, 0) is 25.6 Å². The molecular weight excluding hydrogens is 412 g/mol. The zero-order valence-corrected chi connectivity index (χ0v) is 16.9. The van der Waals surface area contributed by atoms with Crippen molar-refractivity contribution in [1.82, 2.24) is 16.0 Å². The highest BCUT2D eigenvalue weighted by Crippen LogP contribution is 2.04. The first kappa shape index (κ1) is 26.0. The molecule has 1 aromatic rings. The number of aliphatic carboxylic acids is 1. The predicted molar refractivity (Wildman–Crippen MR) is 107 cm³/mol. The molecule has 0 spiro atoms. The second kappa shape index (κ2) is 12.6. The Bertz CT molecular complexity index is 759. The van der Waals surface area contributed by atoms with Gasteiger partial charge in [0.05, 0.1) is 19.3 Å². The summed E-state index contributed by atoms with van der Waals surface area (Å²) in [5.41, 5.74) is 6.10. The van der Waals surface area contributed by atoms with Crippen molar-refractivity contribution in [3.63, 3.8) is 0 Å². The van der Waals surface area contributed by atoms with Gasteiger partial charge in [0.25, 0.3) is 0 Å². The van der Waals surface area contributed by atoms with Gasteiger partial charge in [-0.05, 0) is 12.5 Å². The Morgan fingerprint density at radius 3 is 1.74 bits per heavy atom. The number of hydrogen-bond donors (Lipinski definition) is 8. The first-order valence-corrected chi connectivity index (χ1v) is 9.43. The fourth-order valence-electron chi connectivity index (χ4n) is 2.47. The topological polar surface area (TPSA) is 211 Å². The molecule has 0 saturated carbocycles. The van der Waals surface area contributed by atoms with Crippen molar-refractivity contribution in [3.05, 3.63) is 35.9 Å². The van der Waals surface area contributed by atoms with Crippen LogP contribution in [0.5, 0.6) is 0 Å². The minimum absolute atomic E-state index is 0.0272. The van der Waals surface area contributed by atoms with Gasteiger partial charge in [0, 0.05) is 6.42 Å². The molecule has 0 aliphatic heterocycles. The van der Waals surface area contributed by atoms with E-state index in [9.17, 15) is 39.6 Å². The number of aliphatic hydroxyl groups excluding tert-OH is 3. The van der Waals surface area contributed by atoms with Gasteiger partial charge in [-0.25, -0.2) is 4.79 Å². The number of nitrogens with two attached hydrogens (primary N) is 1.